The van der Waals surface area contributed by atoms with Crippen LogP contribution in [0.3, 0.4) is 0 Å². The predicted octanol–water partition coefficient (Wildman–Crippen LogP) is 3.68. The highest BCUT2D eigenvalue weighted by Crippen LogP contribution is 2.47. The number of aliphatic hydroxyl groups is 1. The summed E-state index contributed by atoms with van der Waals surface area (Å²) in [6, 6.07) is 6.64. The number of aryl methyl sites for hydroxylation is 1. The second kappa shape index (κ2) is 6.28. The largest absolute Gasteiger partial charge is 0.393 e. The first-order valence-corrected chi connectivity index (χ1v) is 8.71. The van der Waals surface area contributed by atoms with E-state index in [1.165, 1.54) is 17.5 Å². The lowest BCUT2D eigenvalue weighted by Crippen LogP contribution is -2.41. The molecule has 2 nitrogen and oxygen atoms in total. The molecule has 0 unspecified atom stereocenters. The molecule has 1 aromatic carbocycles. The van der Waals surface area contributed by atoms with Gasteiger partial charge in [0.25, 0.3) is 0 Å². The highest BCUT2D eigenvalue weighted by atomic mass is 35.5. The van der Waals surface area contributed by atoms with E-state index >= 15 is 0 Å². The molecule has 3 rings (SSSR count). The van der Waals surface area contributed by atoms with Gasteiger partial charge in [0.15, 0.2) is 0 Å². The van der Waals surface area contributed by atoms with Crippen molar-refractivity contribution in [1.29, 1.82) is 0 Å². The molecule has 0 bridgehead atoms. The third kappa shape index (κ3) is 2.86. The minimum Gasteiger partial charge on any atom is -0.393 e. The molecule has 2 aliphatic rings. The molecule has 1 saturated heterocycles. The lowest BCUT2D eigenvalue weighted by atomic mass is 9.61. The number of benzene rings is 1. The standard InChI is InChI=1S/C18H26ClNO/c1-2-13-11-14(3-4-17(13)19)18(15-7-10-20-12-15)8-5-16(21)6-9-18/h3-4,11,15-16,20-21H,2,5-10,12H2,1H3/t15-,16-,18+/m1/s1. The average Bonchev–Trinajstić information content (AvgIpc) is 3.04. The van der Waals surface area contributed by atoms with Crippen LogP contribution in [0.2, 0.25) is 5.02 Å². The van der Waals surface area contributed by atoms with Gasteiger partial charge in [0.1, 0.15) is 0 Å². The van der Waals surface area contributed by atoms with Crippen molar-refractivity contribution in [2.45, 2.75) is 57.0 Å². The summed E-state index contributed by atoms with van der Waals surface area (Å²) < 4.78 is 0. The monoisotopic (exact) mass is 307 g/mol. The molecule has 0 radical (unpaired) electrons. The summed E-state index contributed by atoms with van der Waals surface area (Å²) in [6.07, 6.45) is 6.19. The van der Waals surface area contributed by atoms with Crippen molar-refractivity contribution in [3.63, 3.8) is 0 Å². The Balaban J connectivity index is 1.98. The minimum absolute atomic E-state index is 0.106. The Kier molecular flexibility index (Phi) is 4.58. The van der Waals surface area contributed by atoms with Crippen molar-refractivity contribution in [3.05, 3.63) is 34.3 Å². The molecule has 3 heteroatoms. The molecule has 21 heavy (non-hydrogen) atoms. The highest BCUT2D eigenvalue weighted by Gasteiger charge is 2.43. The van der Waals surface area contributed by atoms with Crippen molar-refractivity contribution >= 4 is 11.6 Å². The van der Waals surface area contributed by atoms with Crippen LogP contribution in [-0.2, 0) is 11.8 Å². The van der Waals surface area contributed by atoms with Crippen LogP contribution in [0.25, 0.3) is 0 Å². The number of hydrogen-bond acceptors (Lipinski definition) is 2. The van der Waals surface area contributed by atoms with Gasteiger partial charge in [-0.25, -0.2) is 0 Å². The van der Waals surface area contributed by atoms with Crippen LogP contribution in [-0.4, -0.2) is 24.3 Å². The first kappa shape index (κ1) is 15.3. The Morgan fingerprint density at radius 2 is 2.05 bits per heavy atom. The number of aliphatic hydroxyl groups excluding tert-OH is 1. The second-order valence-corrected chi connectivity index (χ2v) is 7.14. The normalized spacial score (nSPS) is 33.3. The van der Waals surface area contributed by atoms with E-state index in [9.17, 15) is 5.11 Å². The smallest absolute Gasteiger partial charge is 0.0540 e. The molecule has 0 amide bonds. The Labute approximate surface area is 132 Å². The van der Waals surface area contributed by atoms with Gasteiger partial charge in [-0.05, 0) is 80.1 Å². The SMILES string of the molecule is CCc1cc([C@]2([C@@H]3CCNC3)CC[C@@H](O)CC2)ccc1Cl. The van der Waals surface area contributed by atoms with Crippen LogP contribution in [0.1, 0.15) is 50.2 Å². The van der Waals surface area contributed by atoms with E-state index in [1.54, 1.807) is 0 Å². The molecular weight excluding hydrogens is 282 g/mol. The fraction of sp³-hybridized carbons (Fsp3) is 0.667. The Morgan fingerprint density at radius 3 is 2.67 bits per heavy atom. The van der Waals surface area contributed by atoms with Crippen LogP contribution in [0.15, 0.2) is 18.2 Å². The minimum atomic E-state index is -0.106. The van der Waals surface area contributed by atoms with Gasteiger partial charge in [0, 0.05) is 5.02 Å². The van der Waals surface area contributed by atoms with Crippen LogP contribution >= 0.6 is 11.6 Å². The van der Waals surface area contributed by atoms with E-state index < -0.39 is 0 Å². The van der Waals surface area contributed by atoms with Crippen LogP contribution in [0, 0.1) is 5.92 Å². The molecule has 2 N–H and O–H groups in total. The van der Waals surface area contributed by atoms with Crippen molar-refractivity contribution in [3.8, 4) is 0 Å². The van der Waals surface area contributed by atoms with Crippen LogP contribution in [0.4, 0.5) is 0 Å². The van der Waals surface area contributed by atoms with Crippen molar-refractivity contribution in [2.24, 2.45) is 5.92 Å². The molecule has 1 saturated carbocycles. The van der Waals surface area contributed by atoms with Crippen molar-refractivity contribution in [2.75, 3.05) is 13.1 Å². The summed E-state index contributed by atoms with van der Waals surface area (Å²) >= 11 is 6.31. The van der Waals surface area contributed by atoms with Gasteiger partial charge in [-0.1, -0.05) is 30.7 Å². The van der Waals surface area contributed by atoms with Gasteiger partial charge in [-0.2, -0.15) is 0 Å². The molecule has 2 fully saturated rings. The van der Waals surface area contributed by atoms with Gasteiger partial charge < -0.3 is 10.4 Å². The molecular formula is C18H26ClNO. The van der Waals surface area contributed by atoms with Gasteiger partial charge in [-0.3, -0.25) is 0 Å². The number of nitrogens with one attached hydrogen (secondary N) is 1. The Hall–Kier alpha value is -0.570. The molecule has 1 heterocycles. The van der Waals surface area contributed by atoms with E-state index in [4.69, 9.17) is 11.6 Å². The summed E-state index contributed by atoms with van der Waals surface area (Å²) in [5.41, 5.74) is 2.94. The molecule has 116 valence electrons. The van der Waals surface area contributed by atoms with Crippen LogP contribution in [0.5, 0.6) is 0 Å². The summed E-state index contributed by atoms with van der Waals surface area (Å²) in [5, 5.41) is 14.4. The van der Waals surface area contributed by atoms with E-state index in [1.807, 2.05) is 0 Å². The number of rotatable bonds is 3. The van der Waals surface area contributed by atoms with Gasteiger partial charge in [0.05, 0.1) is 6.10 Å². The van der Waals surface area contributed by atoms with Gasteiger partial charge in [0.2, 0.25) is 0 Å². The second-order valence-electron chi connectivity index (χ2n) is 6.74. The number of hydrogen-bond donors (Lipinski definition) is 2. The third-order valence-electron chi connectivity index (χ3n) is 5.69. The van der Waals surface area contributed by atoms with Gasteiger partial charge >= 0.3 is 0 Å². The quantitative estimate of drug-likeness (QED) is 0.893. The lowest BCUT2D eigenvalue weighted by Gasteiger charge is -2.44. The lowest BCUT2D eigenvalue weighted by molar-refractivity contribution is 0.0745. The summed E-state index contributed by atoms with van der Waals surface area (Å²) in [5.74, 6) is 0.691. The highest BCUT2D eigenvalue weighted by molar-refractivity contribution is 6.31. The van der Waals surface area contributed by atoms with Crippen molar-refractivity contribution in [1.82, 2.24) is 5.32 Å². The molecule has 0 aromatic heterocycles. The zero-order valence-electron chi connectivity index (χ0n) is 12.9. The summed E-state index contributed by atoms with van der Waals surface area (Å²) in [7, 11) is 0. The Morgan fingerprint density at radius 1 is 1.29 bits per heavy atom. The zero-order valence-corrected chi connectivity index (χ0v) is 13.6. The Bertz CT molecular complexity index is 488. The zero-order chi connectivity index (χ0) is 14.9. The maximum absolute atomic E-state index is 9.94. The van der Waals surface area contributed by atoms with Crippen molar-refractivity contribution < 1.29 is 5.11 Å². The van der Waals surface area contributed by atoms with E-state index in [-0.39, 0.29) is 11.5 Å². The fourth-order valence-electron chi connectivity index (χ4n) is 4.33. The predicted molar refractivity (Wildman–Crippen MR) is 88.0 cm³/mol. The maximum atomic E-state index is 9.94. The average molecular weight is 308 g/mol. The molecule has 0 spiro atoms. The molecule has 1 aromatic rings. The van der Waals surface area contributed by atoms with E-state index in [0.29, 0.717) is 5.92 Å². The summed E-state index contributed by atoms with van der Waals surface area (Å²) in [6.45, 7) is 4.41. The van der Waals surface area contributed by atoms with E-state index in [0.717, 1.165) is 50.2 Å². The van der Waals surface area contributed by atoms with Crippen LogP contribution < -0.4 is 5.32 Å². The molecule has 1 aliphatic carbocycles. The van der Waals surface area contributed by atoms with E-state index in [2.05, 4.69) is 30.4 Å². The molecule has 1 atom stereocenters. The summed E-state index contributed by atoms with van der Waals surface area (Å²) in [4.78, 5) is 0. The molecule has 1 aliphatic heterocycles. The fourth-order valence-corrected chi connectivity index (χ4v) is 4.58. The first-order chi connectivity index (χ1) is 10.2. The maximum Gasteiger partial charge on any atom is 0.0540 e. The third-order valence-corrected chi connectivity index (χ3v) is 6.06. The topological polar surface area (TPSA) is 32.3 Å². The van der Waals surface area contributed by atoms with Gasteiger partial charge in [-0.15, -0.1) is 0 Å². The number of halogens is 1. The first-order valence-electron chi connectivity index (χ1n) is 8.33.